The Hall–Kier alpha value is -3.80. The van der Waals surface area contributed by atoms with Crippen molar-refractivity contribution >= 4 is 5.91 Å². The van der Waals surface area contributed by atoms with Crippen molar-refractivity contribution in [3.63, 3.8) is 0 Å². The Morgan fingerprint density at radius 2 is 1.77 bits per heavy atom. The number of benzene rings is 2. The summed E-state index contributed by atoms with van der Waals surface area (Å²) >= 11 is 0. The zero-order valence-corrected chi connectivity index (χ0v) is 16.8. The van der Waals surface area contributed by atoms with Crippen LogP contribution in [-0.4, -0.2) is 24.6 Å². The molecular formula is C24H24N2O4. The lowest BCUT2D eigenvalue weighted by Gasteiger charge is -2.13. The second kappa shape index (κ2) is 10.7. The van der Waals surface area contributed by atoms with Gasteiger partial charge in [-0.1, -0.05) is 18.7 Å². The molecule has 0 aliphatic carbocycles. The predicted octanol–water partition coefficient (Wildman–Crippen LogP) is 4.16. The van der Waals surface area contributed by atoms with E-state index in [2.05, 4.69) is 16.9 Å². The van der Waals surface area contributed by atoms with E-state index in [0.29, 0.717) is 42.6 Å². The maximum absolute atomic E-state index is 12.4. The van der Waals surface area contributed by atoms with E-state index in [1.807, 2.05) is 30.3 Å². The molecule has 30 heavy (non-hydrogen) atoms. The van der Waals surface area contributed by atoms with Crippen molar-refractivity contribution in [2.75, 3.05) is 13.7 Å². The molecule has 2 aromatic carbocycles. The molecule has 1 aromatic heterocycles. The average molecular weight is 404 g/mol. The van der Waals surface area contributed by atoms with Crippen LogP contribution >= 0.6 is 0 Å². The largest absolute Gasteiger partial charge is 0.493 e. The fourth-order valence-corrected chi connectivity index (χ4v) is 2.72. The van der Waals surface area contributed by atoms with Gasteiger partial charge in [0.05, 0.1) is 7.11 Å². The van der Waals surface area contributed by atoms with Gasteiger partial charge in [-0.3, -0.25) is 9.78 Å². The molecule has 0 spiro atoms. The van der Waals surface area contributed by atoms with Crippen molar-refractivity contribution in [2.45, 2.75) is 13.2 Å². The maximum atomic E-state index is 12.4. The number of nitrogens with one attached hydrogen (secondary N) is 1. The van der Waals surface area contributed by atoms with Gasteiger partial charge in [0.25, 0.3) is 5.91 Å². The van der Waals surface area contributed by atoms with Crippen LogP contribution in [0.15, 0.2) is 79.6 Å². The van der Waals surface area contributed by atoms with E-state index in [4.69, 9.17) is 14.2 Å². The highest BCUT2D eigenvalue weighted by molar-refractivity contribution is 5.94. The zero-order chi connectivity index (χ0) is 21.2. The van der Waals surface area contributed by atoms with Crippen molar-refractivity contribution in [1.29, 1.82) is 0 Å². The summed E-state index contributed by atoms with van der Waals surface area (Å²) in [5, 5.41) is 2.91. The normalized spacial score (nSPS) is 10.2. The molecule has 3 rings (SSSR count). The van der Waals surface area contributed by atoms with E-state index in [1.54, 1.807) is 49.8 Å². The van der Waals surface area contributed by atoms with E-state index in [0.717, 1.165) is 11.1 Å². The van der Waals surface area contributed by atoms with Crippen LogP contribution in [0.5, 0.6) is 17.2 Å². The van der Waals surface area contributed by atoms with Crippen LogP contribution in [0.2, 0.25) is 0 Å². The predicted molar refractivity (Wildman–Crippen MR) is 115 cm³/mol. The Kier molecular flexibility index (Phi) is 7.44. The molecule has 6 heteroatoms. The highest BCUT2D eigenvalue weighted by atomic mass is 16.5. The molecule has 0 aliphatic rings. The first-order valence-corrected chi connectivity index (χ1v) is 9.50. The summed E-state index contributed by atoms with van der Waals surface area (Å²) in [4.78, 5) is 16.4. The van der Waals surface area contributed by atoms with Crippen molar-refractivity contribution in [3.05, 3.63) is 96.3 Å². The maximum Gasteiger partial charge on any atom is 0.251 e. The van der Waals surface area contributed by atoms with Crippen LogP contribution in [0, 0.1) is 0 Å². The van der Waals surface area contributed by atoms with Crippen LogP contribution in [0.1, 0.15) is 21.5 Å². The summed E-state index contributed by atoms with van der Waals surface area (Å²) in [5.74, 6) is 1.78. The van der Waals surface area contributed by atoms with Gasteiger partial charge in [0.2, 0.25) is 0 Å². The highest BCUT2D eigenvalue weighted by Crippen LogP contribution is 2.29. The Morgan fingerprint density at radius 1 is 1.00 bits per heavy atom. The van der Waals surface area contributed by atoms with E-state index in [1.165, 1.54) is 0 Å². The minimum Gasteiger partial charge on any atom is -0.493 e. The molecule has 1 heterocycles. The fourth-order valence-electron chi connectivity index (χ4n) is 2.72. The standard InChI is InChI=1S/C24H24N2O4/c1-3-14-29-21-7-5-20(6-8-21)24(27)26-16-19-4-9-22(23(15-19)28-2)30-17-18-10-12-25-13-11-18/h3-13,15H,1,14,16-17H2,2H3,(H,26,27). The number of carbonyl (C=O) groups excluding carboxylic acids is 1. The summed E-state index contributed by atoms with van der Waals surface area (Å²) in [6, 6.07) is 16.4. The molecule has 0 aliphatic heterocycles. The van der Waals surface area contributed by atoms with Crippen LogP contribution in [0.4, 0.5) is 0 Å². The second-order valence-corrected chi connectivity index (χ2v) is 6.44. The molecule has 0 atom stereocenters. The van der Waals surface area contributed by atoms with Gasteiger partial charge >= 0.3 is 0 Å². The van der Waals surface area contributed by atoms with Gasteiger partial charge in [0.15, 0.2) is 11.5 Å². The molecule has 0 saturated heterocycles. The van der Waals surface area contributed by atoms with E-state index < -0.39 is 0 Å². The third kappa shape index (κ3) is 5.85. The SMILES string of the molecule is C=CCOc1ccc(C(=O)NCc2ccc(OCc3ccncc3)c(OC)c2)cc1. The number of carbonyl (C=O) groups is 1. The Labute approximate surface area is 176 Å². The van der Waals surface area contributed by atoms with Gasteiger partial charge in [-0.25, -0.2) is 0 Å². The highest BCUT2D eigenvalue weighted by Gasteiger charge is 2.09. The lowest BCUT2D eigenvalue weighted by molar-refractivity contribution is 0.0951. The number of ether oxygens (including phenoxy) is 3. The minimum atomic E-state index is -0.165. The quantitative estimate of drug-likeness (QED) is 0.514. The van der Waals surface area contributed by atoms with Crippen molar-refractivity contribution in [1.82, 2.24) is 10.3 Å². The van der Waals surface area contributed by atoms with E-state index in [-0.39, 0.29) is 5.91 Å². The Balaban J connectivity index is 1.57. The van der Waals surface area contributed by atoms with Gasteiger partial charge < -0.3 is 19.5 Å². The van der Waals surface area contributed by atoms with Crippen molar-refractivity contribution in [2.24, 2.45) is 0 Å². The summed E-state index contributed by atoms with van der Waals surface area (Å²) in [7, 11) is 1.59. The first-order valence-electron chi connectivity index (χ1n) is 9.50. The third-order valence-corrected chi connectivity index (χ3v) is 4.31. The van der Waals surface area contributed by atoms with Gasteiger partial charge in [0, 0.05) is 24.5 Å². The smallest absolute Gasteiger partial charge is 0.251 e. The van der Waals surface area contributed by atoms with Gasteiger partial charge in [-0.2, -0.15) is 0 Å². The number of aromatic nitrogens is 1. The van der Waals surface area contributed by atoms with Crippen LogP contribution in [0.25, 0.3) is 0 Å². The van der Waals surface area contributed by atoms with Crippen LogP contribution < -0.4 is 19.5 Å². The number of methoxy groups -OCH3 is 1. The van der Waals surface area contributed by atoms with Crippen LogP contribution in [0.3, 0.4) is 0 Å². The summed E-state index contributed by atoms with van der Waals surface area (Å²) in [6.07, 6.45) is 5.12. The number of nitrogens with zero attached hydrogens (tertiary/aromatic N) is 1. The molecule has 154 valence electrons. The molecule has 3 aromatic rings. The zero-order valence-electron chi connectivity index (χ0n) is 16.8. The topological polar surface area (TPSA) is 69.7 Å². The van der Waals surface area contributed by atoms with Crippen molar-refractivity contribution in [3.8, 4) is 17.2 Å². The molecule has 0 saturated carbocycles. The number of rotatable bonds is 10. The first-order chi connectivity index (χ1) is 14.7. The molecular weight excluding hydrogens is 380 g/mol. The lowest BCUT2D eigenvalue weighted by atomic mass is 10.1. The minimum absolute atomic E-state index is 0.165. The van der Waals surface area contributed by atoms with E-state index >= 15 is 0 Å². The Bertz CT molecular complexity index is 972. The average Bonchev–Trinajstić information content (AvgIpc) is 2.81. The molecule has 0 unspecified atom stereocenters. The van der Waals surface area contributed by atoms with E-state index in [9.17, 15) is 4.79 Å². The molecule has 6 nitrogen and oxygen atoms in total. The molecule has 1 N–H and O–H groups in total. The molecule has 1 amide bonds. The number of hydrogen-bond donors (Lipinski definition) is 1. The van der Waals surface area contributed by atoms with Gasteiger partial charge in [-0.15, -0.1) is 0 Å². The molecule has 0 fully saturated rings. The van der Waals surface area contributed by atoms with Crippen molar-refractivity contribution < 1.29 is 19.0 Å². The summed E-state index contributed by atoms with van der Waals surface area (Å²) < 4.78 is 16.7. The number of amides is 1. The van der Waals surface area contributed by atoms with Crippen LogP contribution in [-0.2, 0) is 13.2 Å². The van der Waals surface area contributed by atoms with Gasteiger partial charge in [0.1, 0.15) is 19.0 Å². The lowest BCUT2D eigenvalue weighted by Crippen LogP contribution is -2.22. The molecule has 0 radical (unpaired) electrons. The summed E-state index contributed by atoms with van der Waals surface area (Å²) in [5.41, 5.74) is 2.48. The second-order valence-electron chi connectivity index (χ2n) is 6.44. The summed E-state index contributed by atoms with van der Waals surface area (Å²) in [6.45, 7) is 4.82. The monoisotopic (exact) mass is 404 g/mol. The fraction of sp³-hybridized carbons (Fsp3) is 0.167. The Morgan fingerprint density at radius 3 is 2.47 bits per heavy atom. The first kappa shape index (κ1) is 20.9. The van der Waals surface area contributed by atoms with Gasteiger partial charge in [-0.05, 0) is 59.7 Å². The number of pyridine rings is 1. The third-order valence-electron chi connectivity index (χ3n) is 4.31. The number of hydrogen-bond acceptors (Lipinski definition) is 5. The molecule has 0 bridgehead atoms.